The van der Waals surface area contributed by atoms with E-state index in [0.717, 1.165) is 0 Å². The number of non-ortho nitro benzene ring substituents is 2. The Labute approximate surface area is 142 Å². The first kappa shape index (κ1) is 17.0. The summed E-state index contributed by atoms with van der Waals surface area (Å²) < 4.78 is 20.1. The van der Waals surface area contributed by atoms with E-state index in [1.165, 1.54) is 36.4 Å². The number of ether oxygens (including phenoxy) is 1. The molecule has 0 aliphatic carbocycles. The number of nitro benzene ring substituents is 2. The van der Waals surface area contributed by atoms with Gasteiger partial charge < -0.3 is 4.74 Å². The third kappa shape index (κ3) is 3.80. The van der Waals surface area contributed by atoms with Crippen LogP contribution in [-0.4, -0.2) is 16.0 Å². The molecule has 25 heavy (non-hydrogen) atoms. The van der Waals surface area contributed by atoms with Crippen LogP contribution in [0.5, 0.6) is 0 Å². The first-order valence-corrected chi connectivity index (χ1v) is 7.72. The molecule has 130 valence electrons. The standard InChI is InChI=1S/C17H15FN2O5/c18-13-9-16(11-3-1-5-14(7-11)19(21)22)25-17(10-13)12-4-2-6-15(8-12)20(23)24/h1-8,13,16-17H,9-10H2/t13?,16-,17+. The summed E-state index contributed by atoms with van der Waals surface area (Å²) in [6, 6.07) is 11.8. The first-order valence-electron chi connectivity index (χ1n) is 7.72. The molecule has 2 aromatic carbocycles. The number of nitro groups is 2. The molecule has 2 aromatic rings. The summed E-state index contributed by atoms with van der Waals surface area (Å²) in [4.78, 5) is 20.8. The number of hydrogen-bond donors (Lipinski definition) is 0. The molecule has 1 unspecified atom stereocenters. The maximum absolute atomic E-state index is 14.2. The predicted molar refractivity (Wildman–Crippen MR) is 86.9 cm³/mol. The molecular formula is C17H15FN2O5. The molecule has 0 aromatic heterocycles. The van der Waals surface area contributed by atoms with E-state index in [1.807, 2.05) is 0 Å². The minimum absolute atomic E-state index is 0.0889. The predicted octanol–water partition coefficient (Wildman–Crippen LogP) is 4.43. The van der Waals surface area contributed by atoms with Crippen LogP contribution in [0.4, 0.5) is 15.8 Å². The minimum Gasteiger partial charge on any atom is -0.365 e. The minimum atomic E-state index is -1.16. The van der Waals surface area contributed by atoms with Crippen LogP contribution in [0, 0.1) is 20.2 Å². The lowest BCUT2D eigenvalue weighted by Crippen LogP contribution is -2.24. The topological polar surface area (TPSA) is 95.5 Å². The molecular weight excluding hydrogens is 331 g/mol. The smallest absolute Gasteiger partial charge is 0.269 e. The molecule has 1 fully saturated rings. The summed E-state index contributed by atoms with van der Waals surface area (Å²) >= 11 is 0. The number of benzene rings is 2. The Bertz CT molecular complexity index is 748. The highest BCUT2D eigenvalue weighted by Crippen LogP contribution is 2.41. The Morgan fingerprint density at radius 3 is 1.72 bits per heavy atom. The van der Waals surface area contributed by atoms with Crippen molar-refractivity contribution in [3.63, 3.8) is 0 Å². The number of nitrogens with zero attached hydrogens (tertiary/aromatic N) is 2. The van der Waals surface area contributed by atoms with Gasteiger partial charge in [0.1, 0.15) is 6.17 Å². The Morgan fingerprint density at radius 2 is 1.32 bits per heavy atom. The third-order valence-corrected chi connectivity index (χ3v) is 4.17. The number of halogens is 1. The van der Waals surface area contributed by atoms with Crippen LogP contribution >= 0.6 is 0 Å². The number of rotatable bonds is 4. The van der Waals surface area contributed by atoms with E-state index in [1.54, 1.807) is 12.1 Å². The molecule has 0 radical (unpaired) electrons. The van der Waals surface area contributed by atoms with Gasteiger partial charge in [-0.3, -0.25) is 20.2 Å². The molecule has 1 aliphatic rings. The molecule has 1 heterocycles. The van der Waals surface area contributed by atoms with Gasteiger partial charge in [-0.15, -0.1) is 0 Å². The summed E-state index contributed by atoms with van der Waals surface area (Å²) in [5.41, 5.74) is 0.863. The Balaban J connectivity index is 1.87. The highest BCUT2D eigenvalue weighted by molar-refractivity contribution is 5.37. The molecule has 8 heteroatoms. The van der Waals surface area contributed by atoms with Gasteiger partial charge >= 0.3 is 0 Å². The quantitative estimate of drug-likeness (QED) is 0.602. The zero-order chi connectivity index (χ0) is 18.0. The van der Waals surface area contributed by atoms with Crippen LogP contribution in [0.2, 0.25) is 0 Å². The van der Waals surface area contributed by atoms with E-state index >= 15 is 0 Å². The molecule has 0 bridgehead atoms. The van der Waals surface area contributed by atoms with Crippen LogP contribution < -0.4 is 0 Å². The van der Waals surface area contributed by atoms with E-state index < -0.39 is 28.2 Å². The fourth-order valence-electron chi connectivity index (χ4n) is 2.98. The zero-order valence-corrected chi connectivity index (χ0v) is 13.1. The van der Waals surface area contributed by atoms with Crippen molar-refractivity contribution in [2.24, 2.45) is 0 Å². The zero-order valence-electron chi connectivity index (χ0n) is 13.1. The fourth-order valence-corrected chi connectivity index (χ4v) is 2.98. The molecule has 0 N–H and O–H groups in total. The number of hydrogen-bond acceptors (Lipinski definition) is 5. The molecule has 1 saturated heterocycles. The second kappa shape index (κ2) is 6.94. The molecule has 0 spiro atoms. The molecule has 3 rings (SSSR count). The van der Waals surface area contributed by atoms with E-state index in [-0.39, 0.29) is 24.2 Å². The van der Waals surface area contributed by atoms with Crippen molar-refractivity contribution >= 4 is 11.4 Å². The highest BCUT2D eigenvalue weighted by atomic mass is 19.1. The first-order chi connectivity index (χ1) is 11.9. The van der Waals surface area contributed by atoms with Gasteiger partial charge in [-0.25, -0.2) is 4.39 Å². The molecule has 3 atom stereocenters. The van der Waals surface area contributed by atoms with Crippen molar-refractivity contribution in [3.05, 3.63) is 79.9 Å². The van der Waals surface area contributed by atoms with Gasteiger partial charge in [0.2, 0.25) is 0 Å². The Hall–Kier alpha value is -2.87. The van der Waals surface area contributed by atoms with Crippen molar-refractivity contribution in [1.82, 2.24) is 0 Å². The average Bonchev–Trinajstić information content (AvgIpc) is 2.61. The molecule has 0 amide bonds. The van der Waals surface area contributed by atoms with E-state index in [0.29, 0.717) is 11.1 Å². The van der Waals surface area contributed by atoms with Gasteiger partial charge in [0.25, 0.3) is 11.4 Å². The van der Waals surface area contributed by atoms with Gasteiger partial charge in [0.15, 0.2) is 0 Å². The van der Waals surface area contributed by atoms with E-state index in [2.05, 4.69) is 0 Å². The van der Waals surface area contributed by atoms with Crippen molar-refractivity contribution in [1.29, 1.82) is 0 Å². The monoisotopic (exact) mass is 346 g/mol. The summed E-state index contributed by atoms with van der Waals surface area (Å²) in [5.74, 6) is 0. The molecule has 7 nitrogen and oxygen atoms in total. The number of alkyl halides is 1. The normalized spacial score (nSPS) is 23.2. The summed E-state index contributed by atoms with van der Waals surface area (Å²) in [6.07, 6.45) is -2.28. The second-order valence-electron chi connectivity index (χ2n) is 5.89. The largest absolute Gasteiger partial charge is 0.365 e. The lowest BCUT2D eigenvalue weighted by molar-refractivity contribution is -0.385. The molecule has 1 aliphatic heterocycles. The average molecular weight is 346 g/mol. The van der Waals surface area contributed by atoms with Crippen LogP contribution in [0.3, 0.4) is 0 Å². The van der Waals surface area contributed by atoms with Crippen LogP contribution in [0.25, 0.3) is 0 Å². The van der Waals surface area contributed by atoms with Crippen molar-refractivity contribution in [3.8, 4) is 0 Å². The van der Waals surface area contributed by atoms with Gasteiger partial charge in [-0.2, -0.15) is 0 Å². The Kier molecular flexibility index (Phi) is 4.71. The SMILES string of the molecule is O=[N+]([O-])c1cccc([C@@H]2CC(F)C[C@H](c3cccc([N+](=O)[O-])c3)O2)c1. The third-order valence-electron chi connectivity index (χ3n) is 4.17. The Morgan fingerprint density at radius 1 is 0.880 bits per heavy atom. The van der Waals surface area contributed by atoms with Crippen LogP contribution in [-0.2, 0) is 4.74 Å². The summed E-state index contributed by atoms with van der Waals surface area (Å²) in [5, 5.41) is 21.8. The lowest BCUT2D eigenvalue weighted by Gasteiger charge is -2.32. The van der Waals surface area contributed by atoms with Gasteiger partial charge in [0.05, 0.1) is 22.1 Å². The summed E-state index contributed by atoms with van der Waals surface area (Å²) in [7, 11) is 0. The van der Waals surface area contributed by atoms with Crippen molar-refractivity contribution < 1.29 is 19.0 Å². The van der Waals surface area contributed by atoms with Gasteiger partial charge in [-0.1, -0.05) is 24.3 Å². The molecule has 0 saturated carbocycles. The lowest BCUT2D eigenvalue weighted by atomic mass is 9.93. The van der Waals surface area contributed by atoms with Crippen molar-refractivity contribution in [2.75, 3.05) is 0 Å². The fraction of sp³-hybridized carbons (Fsp3) is 0.294. The van der Waals surface area contributed by atoms with Gasteiger partial charge in [-0.05, 0) is 11.1 Å². The maximum Gasteiger partial charge on any atom is 0.269 e. The van der Waals surface area contributed by atoms with E-state index in [9.17, 15) is 24.6 Å². The van der Waals surface area contributed by atoms with Crippen molar-refractivity contribution in [2.45, 2.75) is 31.2 Å². The van der Waals surface area contributed by atoms with Gasteiger partial charge in [0, 0.05) is 37.1 Å². The maximum atomic E-state index is 14.2. The summed E-state index contributed by atoms with van der Waals surface area (Å²) in [6.45, 7) is 0. The second-order valence-corrected chi connectivity index (χ2v) is 5.89. The highest BCUT2D eigenvalue weighted by Gasteiger charge is 2.32. The van der Waals surface area contributed by atoms with Crippen LogP contribution in [0.15, 0.2) is 48.5 Å². The van der Waals surface area contributed by atoms with E-state index in [4.69, 9.17) is 4.74 Å². The van der Waals surface area contributed by atoms with Crippen LogP contribution in [0.1, 0.15) is 36.2 Å².